The van der Waals surface area contributed by atoms with Crippen molar-refractivity contribution in [2.24, 2.45) is 5.92 Å². The number of likely N-dealkylation sites (tertiary alicyclic amines) is 1. The van der Waals surface area contributed by atoms with Gasteiger partial charge in [0.2, 0.25) is 0 Å². The molecule has 2 fully saturated rings. The minimum absolute atomic E-state index is 0.0239. The maximum atomic E-state index is 13.6. The molecule has 3 N–H and O–H groups in total. The highest BCUT2D eigenvalue weighted by Crippen LogP contribution is 2.30. The van der Waals surface area contributed by atoms with E-state index in [-0.39, 0.29) is 5.91 Å². The summed E-state index contributed by atoms with van der Waals surface area (Å²) in [7, 11) is -3.80. The standard InChI is InChI=1S/C26H36N4O3S.C2HF3O2/c1-18-7-11-30(12-8-18)26(31)23-17-22(5-6-24(23)29-13-9-27-10-14-29)28-34(32,33)25-20(3)15-19(2)16-21(25)4;3-2(4,5)1(6)7/h5-6,15-18,27-28H,7-14H2,1-4H3;(H,6,7). The van der Waals surface area contributed by atoms with Crippen molar-refractivity contribution >= 4 is 33.3 Å². The number of sulfonamides is 1. The van der Waals surface area contributed by atoms with Gasteiger partial charge in [0, 0.05) is 50.6 Å². The average molecular weight is 599 g/mol. The summed E-state index contributed by atoms with van der Waals surface area (Å²) >= 11 is 0. The first-order valence-corrected chi connectivity index (χ1v) is 14.9. The van der Waals surface area contributed by atoms with Gasteiger partial charge in [-0.25, -0.2) is 13.2 Å². The molecule has 9 nitrogen and oxygen atoms in total. The predicted octanol–water partition coefficient (Wildman–Crippen LogP) is 4.33. The van der Waals surface area contributed by atoms with E-state index in [1.807, 2.05) is 43.9 Å². The molecule has 2 heterocycles. The lowest BCUT2D eigenvalue weighted by atomic mass is 9.98. The molecule has 0 unspecified atom stereocenters. The van der Waals surface area contributed by atoms with Crippen molar-refractivity contribution in [1.82, 2.24) is 10.2 Å². The van der Waals surface area contributed by atoms with Crippen LogP contribution in [0.15, 0.2) is 35.2 Å². The number of halogens is 3. The number of carboxylic acids is 1. The topological polar surface area (TPSA) is 119 Å². The number of aliphatic carboxylic acids is 1. The van der Waals surface area contributed by atoms with Crippen molar-refractivity contribution in [3.05, 3.63) is 52.6 Å². The number of hydrogen-bond donors (Lipinski definition) is 3. The first-order valence-electron chi connectivity index (χ1n) is 13.4. The van der Waals surface area contributed by atoms with E-state index in [2.05, 4.69) is 21.9 Å². The summed E-state index contributed by atoms with van der Waals surface area (Å²) in [6.07, 6.45) is -3.10. The Bertz CT molecular complexity index is 1340. The molecule has 2 aromatic carbocycles. The zero-order chi connectivity index (χ0) is 30.5. The summed E-state index contributed by atoms with van der Waals surface area (Å²) in [6.45, 7) is 12.6. The summed E-state index contributed by atoms with van der Waals surface area (Å²) < 4.78 is 61.1. The predicted molar refractivity (Wildman–Crippen MR) is 151 cm³/mol. The van der Waals surface area contributed by atoms with Gasteiger partial charge in [-0.2, -0.15) is 13.2 Å². The Kier molecular flexibility index (Phi) is 10.3. The third-order valence-corrected chi connectivity index (χ3v) is 8.81. The Hall–Kier alpha value is -3.32. The third-order valence-electron chi connectivity index (χ3n) is 7.12. The number of carboxylic acid groups (broad SMARTS) is 1. The van der Waals surface area contributed by atoms with Crippen LogP contribution in [0.3, 0.4) is 0 Å². The fourth-order valence-electron chi connectivity index (χ4n) is 5.13. The lowest BCUT2D eigenvalue weighted by Gasteiger charge is -2.34. The number of nitrogens with one attached hydrogen (secondary N) is 2. The Labute approximate surface area is 238 Å². The Morgan fingerprint density at radius 1 is 0.976 bits per heavy atom. The second-order valence-electron chi connectivity index (χ2n) is 10.6. The zero-order valence-corrected chi connectivity index (χ0v) is 24.5. The van der Waals surface area contributed by atoms with E-state index >= 15 is 0 Å². The van der Waals surface area contributed by atoms with Crippen LogP contribution in [0.5, 0.6) is 0 Å². The molecule has 0 spiro atoms. The third kappa shape index (κ3) is 8.35. The molecule has 2 aromatic rings. The molecule has 0 aliphatic carbocycles. The number of piperazine rings is 1. The number of nitrogens with zero attached hydrogens (tertiary/aromatic N) is 2. The number of aryl methyl sites for hydroxylation is 3. The second-order valence-corrected chi connectivity index (χ2v) is 12.2. The van der Waals surface area contributed by atoms with Crippen molar-refractivity contribution < 1.29 is 36.3 Å². The maximum Gasteiger partial charge on any atom is 0.490 e. The van der Waals surface area contributed by atoms with Crippen molar-refractivity contribution in [3.63, 3.8) is 0 Å². The van der Waals surface area contributed by atoms with Crippen LogP contribution >= 0.6 is 0 Å². The highest BCUT2D eigenvalue weighted by molar-refractivity contribution is 7.92. The summed E-state index contributed by atoms with van der Waals surface area (Å²) in [5.41, 5.74) is 4.29. The van der Waals surface area contributed by atoms with E-state index in [1.165, 1.54) is 0 Å². The monoisotopic (exact) mass is 598 g/mol. The number of hydrogen-bond acceptors (Lipinski definition) is 6. The van der Waals surface area contributed by atoms with Gasteiger partial charge in [-0.1, -0.05) is 24.6 Å². The van der Waals surface area contributed by atoms with Gasteiger partial charge < -0.3 is 20.2 Å². The van der Waals surface area contributed by atoms with Crippen LogP contribution in [0.2, 0.25) is 0 Å². The Balaban J connectivity index is 0.000000587. The van der Waals surface area contributed by atoms with Crippen LogP contribution in [0.25, 0.3) is 0 Å². The molecule has 41 heavy (non-hydrogen) atoms. The Morgan fingerprint density at radius 2 is 1.51 bits per heavy atom. The molecule has 0 aromatic heterocycles. The molecular formula is C28H37F3N4O5S. The van der Waals surface area contributed by atoms with Crippen LogP contribution < -0.4 is 14.9 Å². The van der Waals surface area contributed by atoms with Gasteiger partial charge in [0.25, 0.3) is 15.9 Å². The fourth-order valence-corrected chi connectivity index (χ4v) is 6.64. The number of carbonyl (C=O) groups is 2. The molecule has 13 heteroatoms. The number of alkyl halides is 3. The molecule has 2 aliphatic rings. The van der Waals surface area contributed by atoms with Crippen molar-refractivity contribution in [3.8, 4) is 0 Å². The van der Waals surface area contributed by atoms with Gasteiger partial charge in [0.05, 0.1) is 10.5 Å². The van der Waals surface area contributed by atoms with Gasteiger partial charge in [-0.3, -0.25) is 9.52 Å². The average Bonchev–Trinajstić information content (AvgIpc) is 2.88. The molecule has 1 amide bonds. The molecule has 2 aliphatic heterocycles. The SMILES string of the molecule is Cc1cc(C)c(S(=O)(=O)Nc2ccc(N3CCNCC3)c(C(=O)N3CCC(C)CC3)c2)c(C)c1.O=C(O)C(F)(F)F. The second kappa shape index (κ2) is 13.1. The molecule has 226 valence electrons. The molecule has 4 rings (SSSR count). The summed E-state index contributed by atoms with van der Waals surface area (Å²) in [6, 6.07) is 9.12. The van der Waals surface area contributed by atoms with Gasteiger partial charge in [0.1, 0.15) is 0 Å². The molecule has 0 atom stereocenters. The van der Waals surface area contributed by atoms with E-state index in [0.29, 0.717) is 33.2 Å². The van der Waals surface area contributed by atoms with Crippen molar-refractivity contribution in [2.75, 3.05) is 48.9 Å². The minimum atomic E-state index is -5.08. The smallest absolute Gasteiger partial charge is 0.475 e. The van der Waals surface area contributed by atoms with Crippen LogP contribution in [0, 0.1) is 26.7 Å². The van der Waals surface area contributed by atoms with Crippen LogP contribution in [-0.4, -0.2) is 75.7 Å². The summed E-state index contributed by atoms with van der Waals surface area (Å²) in [5, 5.41) is 10.5. The van der Waals surface area contributed by atoms with Crippen LogP contribution in [0.4, 0.5) is 24.5 Å². The van der Waals surface area contributed by atoms with Gasteiger partial charge in [-0.05, 0) is 68.9 Å². The lowest BCUT2D eigenvalue weighted by Crippen LogP contribution is -2.45. The van der Waals surface area contributed by atoms with Crippen LogP contribution in [0.1, 0.15) is 46.8 Å². The fraction of sp³-hybridized carbons (Fsp3) is 0.500. The van der Waals surface area contributed by atoms with E-state index in [4.69, 9.17) is 9.90 Å². The van der Waals surface area contributed by atoms with E-state index in [1.54, 1.807) is 12.1 Å². The van der Waals surface area contributed by atoms with Gasteiger partial charge in [-0.15, -0.1) is 0 Å². The lowest BCUT2D eigenvalue weighted by molar-refractivity contribution is -0.192. The number of amides is 1. The molecule has 0 radical (unpaired) electrons. The number of rotatable bonds is 5. The largest absolute Gasteiger partial charge is 0.490 e. The molecule has 0 bridgehead atoms. The minimum Gasteiger partial charge on any atom is -0.475 e. The first-order chi connectivity index (χ1) is 19.1. The maximum absolute atomic E-state index is 13.6. The normalized spacial score (nSPS) is 16.6. The summed E-state index contributed by atoms with van der Waals surface area (Å²) in [5.74, 6) is -2.16. The Morgan fingerprint density at radius 3 is 2.02 bits per heavy atom. The van der Waals surface area contributed by atoms with Crippen molar-refractivity contribution in [1.29, 1.82) is 0 Å². The van der Waals surface area contributed by atoms with Crippen molar-refractivity contribution in [2.45, 2.75) is 51.6 Å². The molecule has 2 saturated heterocycles. The first kappa shape index (κ1) is 32.2. The van der Waals surface area contributed by atoms with E-state index < -0.39 is 22.2 Å². The van der Waals surface area contributed by atoms with E-state index in [9.17, 15) is 26.4 Å². The van der Waals surface area contributed by atoms with E-state index in [0.717, 1.165) is 63.4 Å². The zero-order valence-electron chi connectivity index (χ0n) is 23.6. The quantitative estimate of drug-likeness (QED) is 0.469. The highest BCUT2D eigenvalue weighted by atomic mass is 32.2. The number of piperidine rings is 1. The molecular weight excluding hydrogens is 561 g/mol. The van der Waals surface area contributed by atoms with Crippen LogP contribution in [-0.2, 0) is 14.8 Å². The number of benzene rings is 2. The highest BCUT2D eigenvalue weighted by Gasteiger charge is 2.38. The van der Waals surface area contributed by atoms with Gasteiger partial charge in [0.15, 0.2) is 0 Å². The number of anilines is 2. The molecule has 0 saturated carbocycles. The summed E-state index contributed by atoms with van der Waals surface area (Å²) in [4.78, 5) is 26.9. The van der Waals surface area contributed by atoms with Gasteiger partial charge >= 0.3 is 12.1 Å². The number of carbonyl (C=O) groups excluding carboxylic acids is 1.